The minimum atomic E-state index is -0.454. The van der Waals surface area contributed by atoms with Crippen molar-refractivity contribution in [3.05, 3.63) is 28.3 Å². The van der Waals surface area contributed by atoms with Crippen LogP contribution in [0.15, 0.2) is 22.6 Å². The molecule has 1 aliphatic rings. The Morgan fingerprint density at radius 1 is 1.47 bits per heavy atom. The van der Waals surface area contributed by atoms with Gasteiger partial charge in [0.25, 0.3) is 11.7 Å². The van der Waals surface area contributed by atoms with Crippen molar-refractivity contribution >= 4 is 22.8 Å². The van der Waals surface area contributed by atoms with Gasteiger partial charge < -0.3 is 14.5 Å². The highest BCUT2D eigenvalue weighted by atomic mass is 16.6. The number of aromatic nitrogens is 1. The van der Waals surface area contributed by atoms with E-state index in [-0.39, 0.29) is 11.7 Å². The van der Waals surface area contributed by atoms with Crippen LogP contribution in [0.2, 0.25) is 0 Å². The highest BCUT2D eigenvalue weighted by Crippen LogP contribution is 2.24. The Bertz CT molecular complexity index is 604. The molecule has 1 aromatic heterocycles. The van der Waals surface area contributed by atoms with E-state index in [1.807, 2.05) is 0 Å². The van der Waals surface area contributed by atoms with Gasteiger partial charge in [-0.05, 0) is 18.9 Å². The predicted octanol–water partition coefficient (Wildman–Crippen LogP) is 2.33. The molecule has 0 saturated carbocycles. The van der Waals surface area contributed by atoms with Crippen LogP contribution < -0.4 is 5.32 Å². The molecule has 0 spiro atoms. The van der Waals surface area contributed by atoms with Crippen LogP contribution in [0.3, 0.4) is 0 Å². The maximum absolute atomic E-state index is 10.7. The molecule has 100 valence electrons. The lowest BCUT2D eigenvalue weighted by molar-refractivity contribution is -0.384. The molecule has 1 N–H and O–H groups in total. The quantitative estimate of drug-likeness (QED) is 0.675. The number of nitrogens with one attached hydrogen (secondary N) is 1. The minimum Gasteiger partial charge on any atom is -0.423 e. The van der Waals surface area contributed by atoms with Crippen molar-refractivity contribution in [3.63, 3.8) is 0 Å². The first kappa shape index (κ1) is 11.9. The number of non-ortho nitro benzene ring substituents is 1. The van der Waals surface area contributed by atoms with Gasteiger partial charge in [-0.15, -0.1) is 0 Å². The van der Waals surface area contributed by atoms with Gasteiger partial charge in [0, 0.05) is 12.7 Å². The zero-order valence-electron chi connectivity index (χ0n) is 10.2. The lowest BCUT2D eigenvalue weighted by atomic mass is 10.1. The van der Waals surface area contributed by atoms with Crippen LogP contribution in [0.4, 0.5) is 11.7 Å². The molecule has 1 aromatic carbocycles. The van der Waals surface area contributed by atoms with Crippen molar-refractivity contribution in [1.29, 1.82) is 0 Å². The summed E-state index contributed by atoms with van der Waals surface area (Å²) in [5, 5.41) is 13.8. The Kier molecular flexibility index (Phi) is 3.04. The van der Waals surface area contributed by atoms with Crippen molar-refractivity contribution in [2.75, 3.05) is 18.5 Å². The number of nitrogens with zero attached hydrogens (tertiary/aromatic N) is 2. The van der Waals surface area contributed by atoms with Gasteiger partial charge in [-0.2, -0.15) is 4.98 Å². The third-order valence-corrected chi connectivity index (χ3v) is 3.07. The topological polar surface area (TPSA) is 90.4 Å². The SMILES string of the molecule is O=[N+]([O-])c1ccc2nc(NC3CCCOC3)oc2c1. The number of rotatable bonds is 3. The Labute approximate surface area is 108 Å². The average molecular weight is 263 g/mol. The maximum Gasteiger partial charge on any atom is 0.295 e. The standard InChI is InChI=1S/C12H13N3O4/c16-15(17)9-3-4-10-11(6-9)19-12(14-10)13-8-2-1-5-18-7-8/h3-4,6,8H,1-2,5,7H2,(H,13,14). The summed E-state index contributed by atoms with van der Waals surface area (Å²) in [5.41, 5.74) is 1.01. The summed E-state index contributed by atoms with van der Waals surface area (Å²) in [6, 6.07) is 4.94. The molecular weight excluding hydrogens is 250 g/mol. The van der Waals surface area contributed by atoms with Crippen LogP contribution >= 0.6 is 0 Å². The Morgan fingerprint density at radius 3 is 3.11 bits per heavy atom. The minimum absolute atomic E-state index is 0.00352. The molecule has 3 rings (SSSR count). The molecule has 1 aliphatic heterocycles. The fraction of sp³-hybridized carbons (Fsp3) is 0.417. The molecule has 0 amide bonds. The van der Waals surface area contributed by atoms with Gasteiger partial charge in [0.05, 0.1) is 23.6 Å². The summed E-state index contributed by atoms with van der Waals surface area (Å²) in [6.07, 6.45) is 2.00. The van der Waals surface area contributed by atoms with Crippen molar-refractivity contribution in [1.82, 2.24) is 4.98 Å². The van der Waals surface area contributed by atoms with Crippen molar-refractivity contribution in [3.8, 4) is 0 Å². The zero-order chi connectivity index (χ0) is 13.2. The molecule has 19 heavy (non-hydrogen) atoms. The number of oxazole rings is 1. The predicted molar refractivity (Wildman–Crippen MR) is 68.1 cm³/mol. The Balaban J connectivity index is 1.82. The number of anilines is 1. The summed E-state index contributed by atoms with van der Waals surface area (Å²) in [7, 11) is 0. The van der Waals surface area contributed by atoms with Crippen molar-refractivity contribution < 1.29 is 14.1 Å². The number of fused-ring (bicyclic) bond motifs is 1. The Morgan fingerprint density at radius 2 is 2.37 bits per heavy atom. The maximum atomic E-state index is 10.7. The van der Waals surface area contributed by atoms with Gasteiger partial charge >= 0.3 is 0 Å². The van der Waals surface area contributed by atoms with Crippen LogP contribution in [0, 0.1) is 10.1 Å². The highest BCUT2D eigenvalue weighted by Gasteiger charge is 2.17. The third-order valence-electron chi connectivity index (χ3n) is 3.07. The number of benzene rings is 1. The van der Waals surface area contributed by atoms with Crippen LogP contribution in [-0.4, -0.2) is 29.2 Å². The van der Waals surface area contributed by atoms with E-state index in [4.69, 9.17) is 9.15 Å². The fourth-order valence-corrected chi connectivity index (χ4v) is 2.12. The first-order chi connectivity index (χ1) is 9.22. The van der Waals surface area contributed by atoms with Crippen LogP contribution in [0.1, 0.15) is 12.8 Å². The van der Waals surface area contributed by atoms with Crippen molar-refractivity contribution in [2.24, 2.45) is 0 Å². The van der Waals surface area contributed by atoms with Gasteiger partial charge in [0.2, 0.25) is 0 Å². The van der Waals surface area contributed by atoms with E-state index in [1.54, 1.807) is 6.07 Å². The first-order valence-corrected chi connectivity index (χ1v) is 6.11. The number of ether oxygens (including phenoxy) is 1. The average Bonchev–Trinajstić information content (AvgIpc) is 2.80. The number of nitro groups is 1. The largest absolute Gasteiger partial charge is 0.423 e. The third kappa shape index (κ3) is 2.50. The van der Waals surface area contributed by atoms with E-state index in [2.05, 4.69) is 10.3 Å². The molecule has 1 atom stereocenters. The molecule has 2 heterocycles. The first-order valence-electron chi connectivity index (χ1n) is 6.11. The lowest BCUT2D eigenvalue weighted by Crippen LogP contribution is -2.30. The molecule has 1 unspecified atom stereocenters. The molecule has 0 aliphatic carbocycles. The number of nitro benzene ring substituents is 1. The van der Waals surface area contributed by atoms with Crippen molar-refractivity contribution in [2.45, 2.75) is 18.9 Å². The monoisotopic (exact) mass is 263 g/mol. The molecule has 1 fully saturated rings. The summed E-state index contributed by atoms with van der Waals surface area (Å²) in [5.74, 6) is 0. The molecule has 2 aromatic rings. The fourth-order valence-electron chi connectivity index (χ4n) is 2.12. The zero-order valence-corrected chi connectivity index (χ0v) is 10.2. The van der Waals surface area contributed by atoms with Gasteiger partial charge in [-0.3, -0.25) is 10.1 Å². The second-order valence-corrected chi connectivity index (χ2v) is 4.49. The van der Waals surface area contributed by atoms with Crippen LogP contribution in [0.5, 0.6) is 0 Å². The summed E-state index contributed by atoms with van der Waals surface area (Å²) in [4.78, 5) is 14.5. The van der Waals surface area contributed by atoms with E-state index in [0.717, 1.165) is 19.4 Å². The van der Waals surface area contributed by atoms with Gasteiger partial charge in [-0.25, -0.2) is 0 Å². The Hall–Kier alpha value is -2.15. The van der Waals surface area contributed by atoms with Crippen LogP contribution in [0.25, 0.3) is 11.1 Å². The van der Waals surface area contributed by atoms with Gasteiger partial charge in [0.15, 0.2) is 5.58 Å². The molecular formula is C12H13N3O4. The normalized spacial score (nSPS) is 19.5. The molecule has 0 bridgehead atoms. The van der Waals surface area contributed by atoms with Gasteiger partial charge in [-0.1, -0.05) is 0 Å². The summed E-state index contributed by atoms with van der Waals surface area (Å²) >= 11 is 0. The smallest absolute Gasteiger partial charge is 0.295 e. The van der Waals surface area contributed by atoms with E-state index >= 15 is 0 Å². The second-order valence-electron chi connectivity index (χ2n) is 4.49. The second kappa shape index (κ2) is 4.85. The van der Waals surface area contributed by atoms with E-state index in [0.29, 0.717) is 23.7 Å². The van der Waals surface area contributed by atoms with Crippen LogP contribution in [-0.2, 0) is 4.74 Å². The molecule has 7 nitrogen and oxygen atoms in total. The summed E-state index contributed by atoms with van der Waals surface area (Å²) < 4.78 is 10.8. The van der Waals surface area contributed by atoms with Gasteiger partial charge in [0.1, 0.15) is 5.52 Å². The number of hydrogen-bond acceptors (Lipinski definition) is 6. The number of hydrogen-bond donors (Lipinski definition) is 1. The van der Waals surface area contributed by atoms with E-state index < -0.39 is 4.92 Å². The lowest BCUT2D eigenvalue weighted by Gasteiger charge is -2.21. The highest BCUT2D eigenvalue weighted by molar-refractivity contribution is 5.77. The summed E-state index contributed by atoms with van der Waals surface area (Å²) in [6.45, 7) is 1.41. The molecule has 1 saturated heterocycles. The molecule has 0 radical (unpaired) electrons. The molecule has 7 heteroatoms. The van der Waals surface area contributed by atoms with E-state index in [9.17, 15) is 10.1 Å². The van der Waals surface area contributed by atoms with E-state index in [1.165, 1.54) is 12.1 Å².